The Morgan fingerprint density at radius 1 is 1.50 bits per heavy atom. The van der Waals surface area contributed by atoms with Crippen molar-refractivity contribution in [3.05, 3.63) is 0 Å². The van der Waals surface area contributed by atoms with Crippen LogP contribution in [0.15, 0.2) is 0 Å². The first-order valence-corrected chi connectivity index (χ1v) is 6.03. The highest BCUT2D eigenvalue weighted by Crippen LogP contribution is 2.19. The summed E-state index contributed by atoms with van der Waals surface area (Å²) >= 11 is 0. The van der Waals surface area contributed by atoms with Crippen molar-refractivity contribution >= 4 is 12.0 Å². The first kappa shape index (κ1) is 14.7. The third-order valence-corrected chi connectivity index (χ3v) is 3.14. The van der Waals surface area contributed by atoms with Crippen molar-refractivity contribution in [2.24, 2.45) is 5.92 Å². The number of likely N-dealkylation sites (tertiary alicyclic amines) is 1. The van der Waals surface area contributed by atoms with Gasteiger partial charge in [-0.15, -0.1) is 0 Å². The molecule has 3 atom stereocenters. The van der Waals surface area contributed by atoms with Crippen LogP contribution in [-0.4, -0.2) is 64.1 Å². The van der Waals surface area contributed by atoms with Gasteiger partial charge in [-0.1, -0.05) is 0 Å². The molecule has 0 spiro atoms. The summed E-state index contributed by atoms with van der Waals surface area (Å²) in [6, 6.07) is -1.78. The molecule has 0 aromatic carbocycles. The standard InChI is InChI=1S/C11H20N2O5/c1-7(15)9(10(16)17)12-11(18)13-4-2-8(6-13)3-5-14/h7-9,14-15H,2-6H2,1H3,(H,12,18)(H,16,17). The molecule has 104 valence electrons. The van der Waals surface area contributed by atoms with E-state index in [0.29, 0.717) is 19.5 Å². The molecule has 2 amide bonds. The van der Waals surface area contributed by atoms with Gasteiger partial charge in [-0.25, -0.2) is 9.59 Å². The van der Waals surface area contributed by atoms with Crippen molar-refractivity contribution in [1.29, 1.82) is 0 Å². The van der Waals surface area contributed by atoms with E-state index >= 15 is 0 Å². The lowest BCUT2D eigenvalue weighted by molar-refractivity contribution is -0.141. The van der Waals surface area contributed by atoms with Crippen molar-refractivity contribution in [2.75, 3.05) is 19.7 Å². The maximum Gasteiger partial charge on any atom is 0.328 e. The van der Waals surface area contributed by atoms with Crippen LogP contribution in [-0.2, 0) is 4.79 Å². The van der Waals surface area contributed by atoms with E-state index in [0.717, 1.165) is 6.42 Å². The molecule has 18 heavy (non-hydrogen) atoms. The molecule has 0 radical (unpaired) electrons. The number of aliphatic hydroxyl groups is 2. The van der Waals surface area contributed by atoms with Gasteiger partial charge in [-0.05, 0) is 25.7 Å². The van der Waals surface area contributed by atoms with Crippen molar-refractivity contribution in [3.63, 3.8) is 0 Å². The summed E-state index contributed by atoms with van der Waals surface area (Å²) in [5.74, 6) is -1.000. The zero-order valence-electron chi connectivity index (χ0n) is 10.4. The molecule has 1 rings (SSSR count). The van der Waals surface area contributed by atoms with Crippen LogP contribution in [0.2, 0.25) is 0 Å². The number of aliphatic hydroxyl groups excluding tert-OH is 2. The van der Waals surface area contributed by atoms with Gasteiger partial charge in [0.15, 0.2) is 6.04 Å². The molecule has 0 aliphatic carbocycles. The number of carboxylic acids is 1. The average Bonchev–Trinajstić information content (AvgIpc) is 2.73. The van der Waals surface area contributed by atoms with E-state index in [1.807, 2.05) is 0 Å². The number of urea groups is 1. The van der Waals surface area contributed by atoms with Crippen LogP contribution in [0.5, 0.6) is 0 Å². The molecule has 1 saturated heterocycles. The lowest BCUT2D eigenvalue weighted by atomic mass is 10.1. The molecule has 0 aromatic rings. The topological polar surface area (TPSA) is 110 Å². The molecular weight excluding hydrogens is 240 g/mol. The summed E-state index contributed by atoms with van der Waals surface area (Å²) in [7, 11) is 0. The van der Waals surface area contributed by atoms with Crippen LogP contribution >= 0.6 is 0 Å². The highest BCUT2D eigenvalue weighted by Gasteiger charge is 2.30. The number of hydrogen-bond acceptors (Lipinski definition) is 4. The molecule has 1 aliphatic rings. The Morgan fingerprint density at radius 3 is 2.67 bits per heavy atom. The number of rotatable bonds is 5. The highest BCUT2D eigenvalue weighted by atomic mass is 16.4. The maximum absolute atomic E-state index is 11.8. The number of nitrogens with one attached hydrogen (secondary N) is 1. The van der Waals surface area contributed by atoms with Crippen LogP contribution in [0, 0.1) is 5.92 Å². The Bertz CT molecular complexity index is 308. The Kier molecular flexibility index (Phi) is 5.36. The van der Waals surface area contributed by atoms with Gasteiger partial charge < -0.3 is 25.5 Å². The molecule has 1 heterocycles. The zero-order valence-corrected chi connectivity index (χ0v) is 10.4. The average molecular weight is 260 g/mol. The van der Waals surface area contributed by atoms with Crippen molar-refractivity contribution in [2.45, 2.75) is 31.9 Å². The van der Waals surface area contributed by atoms with Crippen molar-refractivity contribution < 1.29 is 24.9 Å². The summed E-state index contributed by atoms with van der Waals surface area (Å²) in [5, 5.41) is 29.2. The van der Waals surface area contributed by atoms with E-state index in [-0.39, 0.29) is 12.5 Å². The molecule has 7 nitrogen and oxygen atoms in total. The Balaban J connectivity index is 2.48. The molecule has 0 aromatic heterocycles. The normalized spacial score (nSPS) is 22.6. The van der Waals surface area contributed by atoms with Crippen LogP contribution in [0.4, 0.5) is 4.79 Å². The molecule has 1 aliphatic heterocycles. The minimum absolute atomic E-state index is 0.0888. The minimum atomic E-state index is -1.30. The fourth-order valence-electron chi connectivity index (χ4n) is 2.05. The third kappa shape index (κ3) is 3.85. The smallest absolute Gasteiger partial charge is 0.328 e. The lowest BCUT2D eigenvalue weighted by Crippen LogP contribution is -2.51. The first-order chi connectivity index (χ1) is 8.45. The summed E-state index contributed by atoms with van der Waals surface area (Å²) in [4.78, 5) is 24.1. The predicted molar refractivity (Wildman–Crippen MR) is 63.0 cm³/mol. The maximum atomic E-state index is 11.8. The Hall–Kier alpha value is -1.34. The van der Waals surface area contributed by atoms with Crippen molar-refractivity contribution in [3.8, 4) is 0 Å². The second-order valence-electron chi connectivity index (χ2n) is 4.62. The number of hydrogen-bond donors (Lipinski definition) is 4. The predicted octanol–water partition coefficient (Wildman–Crippen LogP) is -0.766. The monoisotopic (exact) mass is 260 g/mol. The van der Waals surface area contributed by atoms with Gasteiger partial charge in [0.2, 0.25) is 0 Å². The number of carbonyl (C=O) groups is 2. The summed E-state index contributed by atoms with van der Waals surface area (Å²) in [6.07, 6.45) is 0.297. The van der Waals surface area contributed by atoms with E-state index in [1.54, 1.807) is 0 Å². The van der Waals surface area contributed by atoms with Crippen LogP contribution in [0.3, 0.4) is 0 Å². The third-order valence-electron chi connectivity index (χ3n) is 3.14. The van der Waals surface area contributed by atoms with E-state index in [1.165, 1.54) is 11.8 Å². The van der Waals surface area contributed by atoms with E-state index in [9.17, 15) is 14.7 Å². The summed E-state index contributed by atoms with van der Waals surface area (Å²) in [6.45, 7) is 2.46. The van der Waals surface area contributed by atoms with E-state index < -0.39 is 24.1 Å². The molecule has 7 heteroatoms. The Labute approximate surface area is 105 Å². The molecule has 3 unspecified atom stereocenters. The van der Waals surface area contributed by atoms with Gasteiger partial charge in [0, 0.05) is 19.7 Å². The van der Waals surface area contributed by atoms with Gasteiger partial charge >= 0.3 is 12.0 Å². The van der Waals surface area contributed by atoms with Gasteiger partial charge in [0.25, 0.3) is 0 Å². The minimum Gasteiger partial charge on any atom is -0.480 e. The van der Waals surface area contributed by atoms with Crippen molar-refractivity contribution in [1.82, 2.24) is 10.2 Å². The second kappa shape index (κ2) is 6.55. The number of amides is 2. The second-order valence-corrected chi connectivity index (χ2v) is 4.62. The van der Waals surface area contributed by atoms with Crippen LogP contribution in [0.25, 0.3) is 0 Å². The highest BCUT2D eigenvalue weighted by molar-refractivity contribution is 5.83. The largest absolute Gasteiger partial charge is 0.480 e. The van der Waals surface area contributed by atoms with E-state index in [4.69, 9.17) is 10.2 Å². The zero-order chi connectivity index (χ0) is 13.7. The number of carboxylic acid groups (broad SMARTS) is 1. The van der Waals surface area contributed by atoms with Gasteiger partial charge in [-0.2, -0.15) is 0 Å². The number of nitrogens with zero attached hydrogens (tertiary/aromatic N) is 1. The molecule has 4 N–H and O–H groups in total. The Morgan fingerprint density at radius 2 is 2.17 bits per heavy atom. The van der Waals surface area contributed by atoms with Gasteiger partial charge in [0.1, 0.15) is 0 Å². The molecule has 0 saturated carbocycles. The molecular formula is C11H20N2O5. The van der Waals surface area contributed by atoms with Crippen LogP contribution < -0.4 is 5.32 Å². The number of carbonyl (C=O) groups excluding carboxylic acids is 1. The molecule has 1 fully saturated rings. The fraction of sp³-hybridized carbons (Fsp3) is 0.818. The fourth-order valence-corrected chi connectivity index (χ4v) is 2.05. The molecule has 0 bridgehead atoms. The van der Waals surface area contributed by atoms with Gasteiger partial charge in [0.05, 0.1) is 6.10 Å². The summed E-state index contributed by atoms with van der Waals surface area (Å²) < 4.78 is 0. The summed E-state index contributed by atoms with van der Waals surface area (Å²) in [5.41, 5.74) is 0. The number of aliphatic carboxylic acids is 1. The first-order valence-electron chi connectivity index (χ1n) is 6.03. The van der Waals surface area contributed by atoms with Crippen LogP contribution in [0.1, 0.15) is 19.8 Å². The van der Waals surface area contributed by atoms with E-state index in [2.05, 4.69) is 5.32 Å². The quantitative estimate of drug-likeness (QED) is 0.519. The SMILES string of the molecule is CC(O)C(NC(=O)N1CCC(CCO)C1)C(=O)O. The lowest BCUT2D eigenvalue weighted by Gasteiger charge is -2.22. The van der Waals surface area contributed by atoms with Gasteiger partial charge in [-0.3, -0.25) is 0 Å².